The quantitative estimate of drug-likeness (QED) is 0.598. The van der Waals surface area contributed by atoms with Gasteiger partial charge in [0.2, 0.25) is 0 Å². The van der Waals surface area contributed by atoms with Crippen molar-refractivity contribution in [3.05, 3.63) is 53.1 Å². The van der Waals surface area contributed by atoms with Crippen molar-refractivity contribution in [2.45, 2.75) is 58.9 Å². The van der Waals surface area contributed by atoms with E-state index < -0.39 is 0 Å². The Balaban J connectivity index is 2.04. The molecule has 2 heteroatoms. The van der Waals surface area contributed by atoms with Crippen LogP contribution in [0.3, 0.4) is 0 Å². The highest BCUT2D eigenvalue weighted by atomic mass is 15.2. The lowest BCUT2D eigenvalue weighted by atomic mass is 9.77. The maximum atomic E-state index is 5.07. The van der Waals surface area contributed by atoms with E-state index in [-0.39, 0.29) is 5.54 Å². The average molecular weight is 318 g/mol. The van der Waals surface area contributed by atoms with Gasteiger partial charge in [-0.25, -0.2) is 4.98 Å². The van der Waals surface area contributed by atoms with E-state index in [1.54, 1.807) is 0 Å². The van der Waals surface area contributed by atoms with Crippen molar-refractivity contribution in [2.24, 2.45) is 0 Å². The zero-order valence-corrected chi connectivity index (χ0v) is 15.2. The second-order valence-corrected chi connectivity index (χ2v) is 7.56. The van der Waals surface area contributed by atoms with E-state index in [1.807, 2.05) is 0 Å². The smallest absolute Gasteiger partial charge is 0.141 e. The van der Waals surface area contributed by atoms with E-state index in [0.717, 1.165) is 17.8 Å². The molecule has 0 unspecified atom stereocenters. The Kier molecular flexibility index (Phi) is 3.52. The van der Waals surface area contributed by atoms with Crippen molar-refractivity contribution in [1.29, 1.82) is 0 Å². The molecule has 2 aromatic carbocycles. The van der Waals surface area contributed by atoms with E-state index in [2.05, 4.69) is 68.7 Å². The molecule has 1 fully saturated rings. The Morgan fingerprint density at radius 1 is 1.12 bits per heavy atom. The number of hydrogen-bond donors (Lipinski definition) is 0. The minimum atomic E-state index is 0.202. The maximum absolute atomic E-state index is 5.07. The number of fused-ring (bicyclic) bond motifs is 1. The lowest BCUT2D eigenvalue weighted by Gasteiger charge is -2.41. The third-order valence-electron chi connectivity index (χ3n) is 5.81. The summed E-state index contributed by atoms with van der Waals surface area (Å²) in [6.45, 7) is 9.07. The molecule has 24 heavy (non-hydrogen) atoms. The number of aryl methyl sites for hydroxylation is 2. The van der Waals surface area contributed by atoms with Gasteiger partial charge in [-0.3, -0.25) is 0 Å². The van der Waals surface area contributed by atoms with Crippen LogP contribution in [-0.4, -0.2) is 9.55 Å². The van der Waals surface area contributed by atoms with Gasteiger partial charge in [0.05, 0.1) is 11.0 Å². The van der Waals surface area contributed by atoms with Gasteiger partial charge in [0.1, 0.15) is 5.82 Å². The Morgan fingerprint density at radius 2 is 1.88 bits per heavy atom. The molecule has 0 atom stereocenters. The SMILES string of the molecule is CCc1cc(C)cc(-c2nc3ccccc3n2C2(C)CCC2)c1C. The van der Waals surface area contributed by atoms with Crippen LogP contribution in [0.1, 0.15) is 49.8 Å². The predicted molar refractivity (Wildman–Crippen MR) is 102 cm³/mol. The molecule has 1 aliphatic carbocycles. The molecule has 0 bridgehead atoms. The number of imidazole rings is 1. The van der Waals surface area contributed by atoms with Crippen LogP contribution >= 0.6 is 0 Å². The van der Waals surface area contributed by atoms with E-state index in [9.17, 15) is 0 Å². The van der Waals surface area contributed by atoms with Gasteiger partial charge >= 0.3 is 0 Å². The van der Waals surface area contributed by atoms with Crippen LogP contribution in [0.5, 0.6) is 0 Å². The molecule has 0 amide bonds. The van der Waals surface area contributed by atoms with Gasteiger partial charge in [0, 0.05) is 11.1 Å². The molecule has 1 saturated carbocycles. The van der Waals surface area contributed by atoms with Crippen LogP contribution in [0.4, 0.5) is 0 Å². The zero-order valence-electron chi connectivity index (χ0n) is 15.2. The number of nitrogens with zero attached hydrogens (tertiary/aromatic N) is 2. The first-order valence-electron chi connectivity index (χ1n) is 9.12. The maximum Gasteiger partial charge on any atom is 0.141 e. The molecule has 2 nitrogen and oxygen atoms in total. The molecular formula is C22H26N2. The summed E-state index contributed by atoms with van der Waals surface area (Å²) in [5.41, 5.74) is 8.02. The molecule has 0 saturated heterocycles. The third-order valence-corrected chi connectivity index (χ3v) is 5.81. The van der Waals surface area contributed by atoms with Crippen LogP contribution in [0.15, 0.2) is 36.4 Å². The van der Waals surface area contributed by atoms with Gasteiger partial charge in [0.15, 0.2) is 0 Å². The summed E-state index contributed by atoms with van der Waals surface area (Å²) < 4.78 is 2.52. The summed E-state index contributed by atoms with van der Waals surface area (Å²) in [7, 11) is 0. The van der Waals surface area contributed by atoms with Crippen LogP contribution in [0.2, 0.25) is 0 Å². The molecule has 0 spiro atoms. The Morgan fingerprint density at radius 3 is 2.54 bits per heavy atom. The summed E-state index contributed by atoms with van der Waals surface area (Å²) in [5, 5.41) is 0. The average Bonchev–Trinajstić information content (AvgIpc) is 2.94. The molecule has 1 heterocycles. The standard InChI is InChI=1S/C22H26N2/c1-5-17-13-15(2)14-18(16(17)3)21-23-19-9-6-7-10-20(19)24(21)22(4)11-8-12-22/h6-7,9-10,13-14H,5,8,11-12H2,1-4H3. The topological polar surface area (TPSA) is 17.8 Å². The Labute approximate surface area is 144 Å². The number of para-hydroxylation sites is 2. The third kappa shape index (κ3) is 2.20. The molecule has 0 N–H and O–H groups in total. The van der Waals surface area contributed by atoms with Crippen molar-refractivity contribution >= 4 is 11.0 Å². The van der Waals surface area contributed by atoms with Crippen molar-refractivity contribution in [3.63, 3.8) is 0 Å². The molecule has 0 aliphatic heterocycles. The summed E-state index contributed by atoms with van der Waals surface area (Å²) in [6.07, 6.45) is 4.87. The van der Waals surface area contributed by atoms with Gasteiger partial charge in [-0.15, -0.1) is 0 Å². The van der Waals surface area contributed by atoms with Gasteiger partial charge < -0.3 is 4.57 Å². The first-order chi connectivity index (χ1) is 11.5. The summed E-state index contributed by atoms with van der Waals surface area (Å²) in [5.74, 6) is 1.15. The highest BCUT2D eigenvalue weighted by Crippen LogP contribution is 2.44. The molecule has 4 rings (SSSR count). The minimum Gasteiger partial charge on any atom is -0.318 e. The first-order valence-corrected chi connectivity index (χ1v) is 9.12. The Bertz CT molecular complexity index is 913. The van der Waals surface area contributed by atoms with E-state index in [4.69, 9.17) is 4.98 Å². The lowest BCUT2D eigenvalue weighted by Crippen LogP contribution is -2.37. The monoisotopic (exact) mass is 318 g/mol. The largest absolute Gasteiger partial charge is 0.318 e. The number of hydrogen-bond acceptors (Lipinski definition) is 1. The van der Waals surface area contributed by atoms with E-state index >= 15 is 0 Å². The summed E-state index contributed by atoms with van der Waals surface area (Å²) in [6, 6.07) is 13.2. The van der Waals surface area contributed by atoms with Gasteiger partial charge in [0.25, 0.3) is 0 Å². The molecule has 1 aromatic heterocycles. The molecule has 0 radical (unpaired) electrons. The van der Waals surface area contributed by atoms with Crippen molar-refractivity contribution in [2.75, 3.05) is 0 Å². The van der Waals surface area contributed by atoms with Crippen molar-refractivity contribution in [3.8, 4) is 11.4 Å². The Hall–Kier alpha value is -2.09. The number of aromatic nitrogens is 2. The zero-order chi connectivity index (χ0) is 16.9. The second kappa shape index (κ2) is 5.47. The lowest BCUT2D eigenvalue weighted by molar-refractivity contribution is 0.177. The highest BCUT2D eigenvalue weighted by molar-refractivity contribution is 5.82. The fourth-order valence-corrected chi connectivity index (χ4v) is 4.20. The predicted octanol–water partition coefficient (Wildman–Crippen LogP) is 5.78. The normalized spacial score (nSPS) is 16.3. The van der Waals surface area contributed by atoms with Gasteiger partial charge in [-0.05, 0) is 75.8 Å². The van der Waals surface area contributed by atoms with Crippen LogP contribution < -0.4 is 0 Å². The molecule has 1 aliphatic rings. The fourth-order valence-electron chi connectivity index (χ4n) is 4.20. The van der Waals surface area contributed by atoms with Crippen LogP contribution in [-0.2, 0) is 12.0 Å². The van der Waals surface area contributed by atoms with Crippen LogP contribution in [0, 0.1) is 13.8 Å². The number of benzene rings is 2. The van der Waals surface area contributed by atoms with Crippen molar-refractivity contribution in [1.82, 2.24) is 9.55 Å². The van der Waals surface area contributed by atoms with Crippen molar-refractivity contribution < 1.29 is 0 Å². The summed E-state index contributed by atoms with van der Waals surface area (Å²) in [4.78, 5) is 5.07. The van der Waals surface area contributed by atoms with E-state index in [0.29, 0.717) is 0 Å². The van der Waals surface area contributed by atoms with Gasteiger partial charge in [-0.1, -0.05) is 30.7 Å². The first kappa shape index (κ1) is 15.4. The fraction of sp³-hybridized carbons (Fsp3) is 0.409. The summed E-state index contributed by atoms with van der Waals surface area (Å²) >= 11 is 0. The highest BCUT2D eigenvalue weighted by Gasteiger charge is 2.37. The van der Waals surface area contributed by atoms with E-state index in [1.165, 1.54) is 47.0 Å². The molecule has 3 aromatic rings. The molecule has 124 valence electrons. The minimum absolute atomic E-state index is 0.202. The second-order valence-electron chi connectivity index (χ2n) is 7.56. The van der Waals surface area contributed by atoms with Crippen LogP contribution in [0.25, 0.3) is 22.4 Å². The number of rotatable bonds is 3. The van der Waals surface area contributed by atoms with Gasteiger partial charge in [-0.2, -0.15) is 0 Å². The molecular weight excluding hydrogens is 292 g/mol.